The fourth-order valence-electron chi connectivity index (χ4n) is 3.97. The molecule has 28 heavy (non-hydrogen) atoms. The molecule has 1 nitrogen and oxygen atoms in total. The highest BCUT2D eigenvalue weighted by molar-refractivity contribution is 9.10. The van der Waals surface area contributed by atoms with E-state index >= 15 is 0 Å². The van der Waals surface area contributed by atoms with Gasteiger partial charge in [-0.05, 0) is 48.0 Å². The Morgan fingerprint density at radius 2 is 1.68 bits per heavy atom. The van der Waals surface area contributed by atoms with Crippen LogP contribution in [-0.4, -0.2) is 0 Å². The van der Waals surface area contributed by atoms with E-state index in [9.17, 15) is 0 Å². The average molecular weight is 464 g/mol. The van der Waals surface area contributed by atoms with Crippen LogP contribution < -0.4 is 0 Å². The van der Waals surface area contributed by atoms with E-state index in [2.05, 4.69) is 64.5 Å². The number of furan rings is 1. The molecular formula is C24H12BrClOS. The number of hydrogen-bond donors (Lipinski definition) is 0. The molecule has 0 aliphatic carbocycles. The lowest BCUT2D eigenvalue weighted by Crippen LogP contribution is -1.80. The molecule has 0 aliphatic heterocycles. The highest BCUT2D eigenvalue weighted by Crippen LogP contribution is 2.43. The molecule has 4 aromatic carbocycles. The number of halogens is 2. The summed E-state index contributed by atoms with van der Waals surface area (Å²) in [7, 11) is 0. The Kier molecular flexibility index (Phi) is 3.61. The highest BCUT2D eigenvalue weighted by atomic mass is 79.9. The molecule has 0 radical (unpaired) electrons. The van der Waals surface area contributed by atoms with Gasteiger partial charge in [0, 0.05) is 41.0 Å². The zero-order chi connectivity index (χ0) is 18.8. The Hall–Kier alpha value is -2.33. The second-order valence-electron chi connectivity index (χ2n) is 6.82. The smallest absolute Gasteiger partial charge is 0.144 e. The first-order valence-electron chi connectivity index (χ1n) is 8.91. The molecule has 134 valence electrons. The van der Waals surface area contributed by atoms with Crippen LogP contribution in [0.3, 0.4) is 0 Å². The SMILES string of the molecule is Clc1ccc(-c2ccc3sc4cccc(Br)c4c3c2)c2oc3ccccc3c12. The van der Waals surface area contributed by atoms with E-state index in [0.717, 1.165) is 37.5 Å². The van der Waals surface area contributed by atoms with Gasteiger partial charge in [-0.25, -0.2) is 0 Å². The van der Waals surface area contributed by atoms with Gasteiger partial charge in [-0.15, -0.1) is 11.3 Å². The van der Waals surface area contributed by atoms with Gasteiger partial charge in [-0.2, -0.15) is 0 Å². The van der Waals surface area contributed by atoms with E-state index in [-0.39, 0.29) is 0 Å². The number of hydrogen-bond acceptors (Lipinski definition) is 2. The third-order valence-electron chi connectivity index (χ3n) is 5.23. The molecule has 0 atom stereocenters. The van der Waals surface area contributed by atoms with Gasteiger partial charge >= 0.3 is 0 Å². The summed E-state index contributed by atoms with van der Waals surface area (Å²) in [4.78, 5) is 0. The van der Waals surface area contributed by atoms with Crippen molar-refractivity contribution in [2.24, 2.45) is 0 Å². The molecule has 0 amide bonds. The van der Waals surface area contributed by atoms with E-state index in [4.69, 9.17) is 16.0 Å². The van der Waals surface area contributed by atoms with E-state index in [1.54, 1.807) is 0 Å². The van der Waals surface area contributed by atoms with Gasteiger partial charge in [0.25, 0.3) is 0 Å². The molecular weight excluding hydrogens is 452 g/mol. The van der Waals surface area contributed by atoms with Crippen LogP contribution in [0.15, 0.2) is 81.7 Å². The zero-order valence-corrected chi connectivity index (χ0v) is 17.7. The van der Waals surface area contributed by atoms with Crippen molar-refractivity contribution in [1.82, 2.24) is 0 Å². The van der Waals surface area contributed by atoms with Crippen LogP contribution in [0.2, 0.25) is 5.02 Å². The van der Waals surface area contributed by atoms with Crippen molar-refractivity contribution in [2.45, 2.75) is 0 Å². The molecule has 0 fully saturated rings. The Balaban J connectivity index is 1.70. The van der Waals surface area contributed by atoms with Crippen molar-refractivity contribution in [3.63, 3.8) is 0 Å². The molecule has 0 saturated carbocycles. The number of para-hydroxylation sites is 1. The molecule has 0 unspecified atom stereocenters. The van der Waals surface area contributed by atoms with Crippen molar-refractivity contribution >= 4 is 81.0 Å². The minimum atomic E-state index is 0.716. The highest BCUT2D eigenvalue weighted by Gasteiger charge is 2.16. The molecule has 4 heteroatoms. The number of benzene rings is 4. The summed E-state index contributed by atoms with van der Waals surface area (Å²) >= 11 is 12.1. The van der Waals surface area contributed by atoms with Crippen LogP contribution in [0.1, 0.15) is 0 Å². The number of fused-ring (bicyclic) bond motifs is 6. The van der Waals surface area contributed by atoms with E-state index in [1.807, 2.05) is 35.6 Å². The Bertz CT molecular complexity index is 1540. The quantitative estimate of drug-likeness (QED) is 0.237. The summed E-state index contributed by atoms with van der Waals surface area (Å²) < 4.78 is 9.92. The van der Waals surface area contributed by atoms with Crippen molar-refractivity contribution in [1.29, 1.82) is 0 Å². The molecule has 0 bridgehead atoms. The average Bonchev–Trinajstić information content (AvgIpc) is 3.27. The molecule has 0 saturated heterocycles. The minimum absolute atomic E-state index is 0.716. The predicted molar refractivity (Wildman–Crippen MR) is 125 cm³/mol. The first-order valence-corrected chi connectivity index (χ1v) is 10.9. The topological polar surface area (TPSA) is 13.1 Å². The molecule has 0 spiro atoms. The summed E-state index contributed by atoms with van der Waals surface area (Å²) in [6.07, 6.45) is 0. The summed E-state index contributed by atoms with van der Waals surface area (Å²) in [5.74, 6) is 0. The summed E-state index contributed by atoms with van der Waals surface area (Å²) in [6.45, 7) is 0. The third-order valence-corrected chi connectivity index (χ3v) is 7.34. The molecule has 6 rings (SSSR count). The van der Waals surface area contributed by atoms with Crippen LogP contribution in [0.5, 0.6) is 0 Å². The second-order valence-corrected chi connectivity index (χ2v) is 9.17. The van der Waals surface area contributed by atoms with Crippen LogP contribution >= 0.6 is 38.9 Å². The van der Waals surface area contributed by atoms with E-state index in [1.165, 1.54) is 20.2 Å². The van der Waals surface area contributed by atoms with Gasteiger partial charge < -0.3 is 4.42 Å². The first-order chi connectivity index (χ1) is 13.7. The van der Waals surface area contributed by atoms with Crippen molar-refractivity contribution in [3.05, 3.63) is 82.3 Å². The van der Waals surface area contributed by atoms with Crippen LogP contribution in [-0.2, 0) is 0 Å². The predicted octanol–water partition coefficient (Wildman–Crippen LogP) is 9.04. The molecule has 0 N–H and O–H groups in total. The molecule has 6 aromatic rings. The van der Waals surface area contributed by atoms with Gasteiger partial charge in [-0.1, -0.05) is 57.9 Å². The van der Waals surface area contributed by atoms with Gasteiger partial charge in [0.1, 0.15) is 11.2 Å². The lowest BCUT2D eigenvalue weighted by atomic mass is 10.0. The minimum Gasteiger partial charge on any atom is -0.455 e. The summed E-state index contributed by atoms with van der Waals surface area (Å²) in [5, 5.41) is 5.26. The van der Waals surface area contributed by atoms with E-state index in [0.29, 0.717) is 5.02 Å². The Morgan fingerprint density at radius 1 is 0.786 bits per heavy atom. The van der Waals surface area contributed by atoms with Gasteiger partial charge in [0.2, 0.25) is 0 Å². The molecule has 2 heterocycles. The van der Waals surface area contributed by atoms with E-state index < -0.39 is 0 Å². The molecule has 0 aliphatic rings. The van der Waals surface area contributed by atoms with Crippen molar-refractivity contribution < 1.29 is 4.42 Å². The van der Waals surface area contributed by atoms with Crippen molar-refractivity contribution in [2.75, 3.05) is 0 Å². The van der Waals surface area contributed by atoms with Crippen molar-refractivity contribution in [3.8, 4) is 11.1 Å². The lowest BCUT2D eigenvalue weighted by Gasteiger charge is -2.05. The monoisotopic (exact) mass is 462 g/mol. The van der Waals surface area contributed by atoms with Crippen LogP contribution in [0.4, 0.5) is 0 Å². The second kappa shape index (κ2) is 6.08. The van der Waals surface area contributed by atoms with Gasteiger partial charge in [0.05, 0.1) is 5.02 Å². The van der Waals surface area contributed by atoms with Crippen LogP contribution in [0.25, 0.3) is 53.2 Å². The largest absolute Gasteiger partial charge is 0.455 e. The fraction of sp³-hybridized carbons (Fsp3) is 0. The lowest BCUT2D eigenvalue weighted by molar-refractivity contribution is 0.670. The summed E-state index contributed by atoms with van der Waals surface area (Å²) in [5.41, 5.74) is 3.89. The van der Waals surface area contributed by atoms with Crippen LogP contribution in [0, 0.1) is 0 Å². The third kappa shape index (κ3) is 2.30. The number of thiophene rings is 1. The maximum absolute atomic E-state index is 6.55. The molecule has 2 aromatic heterocycles. The zero-order valence-electron chi connectivity index (χ0n) is 14.5. The van der Waals surface area contributed by atoms with Gasteiger partial charge in [0.15, 0.2) is 0 Å². The Labute approximate surface area is 178 Å². The Morgan fingerprint density at radius 3 is 2.61 bits per heavy atom. The fourth-order valence-corrected chi connectivity index (χ4v) is 6.04. The maximum atomic E-state index is 6.55. The summed E-state index contributed by atoms with van der Waals surface area (Å²) in [6, 6.07) is 25.0. The standard InChI is InChI=1S/C24H12BrClOS/c25-17-5-3-7-21-22(17)16-12-13(8-11-20(16)28-21)14-9-10-18(26)23-15-4-1-2-6-19(15)27-24(14)23/h1-12H. The first kappa shape index (κ1) is 16.6. The normalized spacial score (nSPS) is 11.9. The van der Waals surface area contributed by atoms with Gasteiger partial charge in [-0.3, -0.25) is 0 Å². The maximum Gasteiger partial charge on any atom is 0.144 e. The number of rotatable bonds is 1.